The summed E-state index contributed by atoms with van der Waals surface area (Å²) in [5.74, 6) is 0.819. The quantitative estimate of drug-likeness (QED) is 0.848. The number of likely N-dealkylation sites (tertiary alicyclic amines) is 1. The lowest BCUT2D eigenvalue weighted by molar-refractivity contribution is -0.126. The van der Waals surface area contributed by atoms with Crippen LogP contribution >= 0.6 is 0 Å². The molecule has 1 heterocycles. The number of fused-ring (bicyclic) bond motifs is 1. The summed E-state index contributed by atoms with van der Waals surface area (Å²) in [6.07, 6.45) is 4.81. The van der Waals surface area contributed by atoms with Crippen LogP contribution in [0.2, 0.25) is 0 Å². The lowest BCUT2D eigenvalue weighted by atomic mass is 9.66. The molecule has 4 rings (SSSR count). The van der Waals surface area contributed by atoms with Crippen LogP contribution in [0.15, 0.2) is 48.5 Å². The van der Waals surface area contributed by atoms with Gasteiger partial charge in [0.25, 0.3) is 0 Å². The lowest BCUT2D eigenvalue weighted by Gasteiger charge is -2.53. The van der Waals surface area contributed by atoms with Gasteiger partial charge < -0.3 is 9.84 Å². The first kappa shape index (κ1) is 18.5. The third kappa shape index (κ3) is 3.48. The summed E-state index contributed by atoms with van der Waals surface area (Å²) >= 11 is 0. The molecule has 1 aliphatic heterocycles. The average molecular weight is 369 g/mol. The van der Waals surface area contributed by atoms with Crippen molar-refractivity contribution in [1.29, 1.82) is 0 Å². The van der Waals surface area contributed by atoms with Gasteiger partial charge in [0.2, 0.25) is 0 Å². The summed E-state index contributed by atoms with van der Waals surface area (Å²) in [4.78, 5) is 2.33. The van der Waals surface area contributed by atoms with Crippen molar-refractivity contribution in [3.8, 4) is 5.75 Å². The van der Waals surface area contributed by atoms with Gasteiger partial charge in [-0.2, -0.15) is 0 Å². The van der Waals surface area contributed by atoms with E-state index in [1.54, 1.807) is 13.2 Å². The highest BCUT2D eigenvalue weighted by molar-refractivity contribution is 5.37. The number of halogens is 1. The van der Waals surface area contributed by atoms with Crippen molar-refractivity contribution in [2.24, 2.45) is 5.92 Å². The minimum atomic E-state index is -0.629. The molecule has 1 saturated carbocycles. The SMILES string of the molecule is COc1ccccc1[C@@H]1[C@@H]2CCCC[C@@]2(O)CCN1Cc1ccccc1F. The van der Waals surface area contributed by atoms with E-state index in [1.165, 1.54) is 6.07 Å². The number of para-hydroxylation sites is 1. The Hall–Kier alpha value is -1.91. The van der Waals surface area contributed by atoms with E-state index >= 15 is 0 Å². The summed E-state index contributed by atoms with van der Waals surface area (Å²) in [6, 6.07) is 15.1. The lowest BCUT2D eigenvalue weighted by Crippen LogP contribution is -2.54. The van der Waals surface area contributed by atoms with Gasteiger partial charge in [-0.15, -0.1) is 0 Å². The molecule has 2 aromatic rings. The van der Waals surface area contributed by atoms with Gasteiger partial charge in [0.05, 0.1) is 12.7 Å². The number of benzene rings is 2. The van der Waals surface area contributed by atoms with Crippen LogP contribution in [0.1, 0.15) is 49.3 Å². The first-order valence-electron chi connectivity index (χ1n) is 9.95. The van der Waals surface area contributed by atoms with E-state index in [0.717, 1.165) is 50.0 Å². The Morgan fingerprint density at radius 3 is 2.70 bits per heavy atom. The molecule has 0 spiro atoms. The molecule has 2 aliphatic rings. The topological polar surface area (TPSA) is 32.7 Å². The van der Waals surface area contributed by atoms with E-state index in [4.69, 9.17) is 4.74 Å². The van der Waals surface area contributed by atoms with Crippen LogP contribution in [0.25, 0.3) is 0 Å². The number of hydrogen-bond acceptors (Lipinski definition) is 3. The summed E-state index contributed by atoms with van der Waals surface area (Å²) in [5.41, 5.74) is 1.18. The van der Waals surface area contributed by atoms with Crippen LogP contribution in [0.3, 0.4) is 0 Å². The third-order valence-corrected chi connectivity index (χ3v) is 6.46. The Morgan fingerprint density at radius 2 is 1.89 bits per heavy atom. The zero-order chi connectivity index (χ0) is 18.9. The molecule has 0 aromatic heterocycles. The predicted octanol–water partition coefficient (Wildman–Crippen LogP) is 4.70. The molecule has 3 nitrogen and oxygen atoms in total. The highest BCUT2D eigenvalue weighted by atomic mass is 19.1. The van der Waals surface area contributed by atoms with E-state index in [9.17, 15) is 9.50 Å². The highest BCUT2D eigenvalue weighted by Gasteiger charge is 2.49. The van der Waals surface area contributed by atoms with Crippen molar-refractivity contribution in [2.75, 3.05) is 13.7 Å². The summed E-state index contributed by atoms with van der Waals surface area (Å²) in [5, 5.41) is 11.4. The number of ether oxygens (including phenoxy) is 1. The van der Waals surface area contributed by atoms with Gasteiger partial charge in [-0.3, -0.25) is 4.90 Å². The largest absolute Gasteiger partial charge is 0.496 e. The summed E-state index contributed by atoms with van der Waals surface area (Å²) in [7, 11) is 1.69. The first-order chi connectivity index (χ1) is 13.1. The van der Waals surface area contributed by atoms with Crippen LogP contribution < -0.4 is 4.74 Å². The molecule has 27 heavy (non-hydrogen) atoms. The maximum Gasteiger partial charge on any atom is 0.127 e. The minimum absolute atomic E-state index is 0.0276. The number of piperidine rings is 1. The fraction of sp³-hybridized carbons (Fsp3) is 0.478. The number of methoxy groups -OCH3 is 1. The smallest absolute Gasteiger partial charge is 0.127 e. The molecule has 1 saturated heterocycles. The van der Waals surface area contributed by atoms with Crippen molar-refractivity contribution in [3.05, 3.63) is 65.5 Å². The van der Waals surface area contributed by atoms with Crippen LogP contribution in [-0.4, -0.2) is 29.3 Å². The normalized spacial score (nSPS) is 28.6. The fourth-order valence-electron chi connectivity index (χ4n) is 5.09. The fourth-order valence-corrected chi connectivity index (χ4v) is 5.09. The van der Waals surface area contributed by atoms with E-state index in [1.807, 2.05) is 30.3 Å². The average Bonchev–Trinajstić information content (AvgIpc) is 2.69. The van der Waals surface area contributed by atoms with Crippen LogP contribution in [0.4, 0.5) is 4.39 Å². The zero-order valence-electron chi connectivity index (χ0n) is 15.9. The molecule has 144 valence electrons. The van der Waals surface area contributed by atoms with Gasteiger partial charge in [0.1, 0.15) is 11.6 Å². The molecule has 2 fully saturated rings. The van der Waals surface area contributed by atoms with Crippen LogP contribution in [-0.2, 0) is 6.54 Å². The van der Waals surface area contributed by atoms with Crippen LogP contribution in [0.5, 0.6) is 5.75 Å². The Kier molecular flexibility index (Phi) is 5.20. The molecule has 1 aliphatic carbocycles. The number of nitrogens with zero attached hydrogens (tertiary/aromatic N) is 1. The van der Waals surface area contributed by atoms with Gasteiger partial charge in [-0.25, -0.2) is 4.39 Å². The number of rotatable bonds is 4. The maximum atomic E-state index is 14.3. The Balaban J connectivity index is 1.74. The van der Waals surface area contributed by atoms with E-state index in [0.29, 0.717) is 12.1 Å². The molecular weight excluding hydrogens is 341 g/mol. The molecule has 3 atom stereocenters. The number of aliphatic hydroxyl groups is 1. The first-order valence-corrected chi connectivity index (χ1v) is 9.95. The molecule has 0 amide bonds. The second kappa shape index (κ2) is 7.61. The van der Waals surface area contributed by atoms with Gasteiger partial charge >= 0.3 is 0 Å². The van der Waals surface area contributed by atoms with Gasteiger partial charge in [0, 0.05) is 36.2 Å². The molecular formula is C23H28FNO2. The molecule has 0 unspecified atom stereocenters. The standard InChI is InChI=1S/C23H28FNO2/c1-27-21-12-5-3-9-18(21)22-19-10-6-7-13-23(19,26)14-15-25(22)16-17-8-2-4-11-20(17)24/h2-5,8-9,11-12,19,22,26H,6-7,10,13-16H2,1H3/t19-,22+,23+/m0/s1. The highest BCUT2D eigenvalue weighted by Crippen LogP contribution is 2.51. The molecule has 1 N–H and O–H groups in total. The van der Waals surface area contributed by atoms with Gasteiger partial charge in [-0.1, -0.05) is 49.2 Å². The van der Waals surface area contributed by atoms with E-state index in [-0.39, 0.29) is 17.8 Å². The Bertz CT molecular complexity index is 795. The maximum absolute atomic E-state index is 14.3. The molecule has 4 heteroatoms. The minimum Gasteiger partial charge on any atom is -0.496 e. The van der Waals surface area contributed by atoms with Crippen LogP contribution in [0, 0.1) is 11.7 Å². The van der Waals surface area contributed by atoms with Crippen molar-refractivity contribution >= 4 is 0 Å². The Morgan fingerprint density at radius 1 is 1.11 bits per heavy atom. The van der Waals surface area contributed by atoms with Crippen molar-refractivity contribution < 1.29 is 14.2 Å². The molecule has 0 radical (unpaired) electrons. The Labute approximate surface area is 160 Å². The summed E-state index contributed by atoms with van der Waals surface area (Å²) in [6.45, 7) is 1.30. The van der Waals surface area contributed by atoms with Crippen molar-refractivity contribution in [3.63, 3.8) is 0 Å². The predicted molar refractivity (Wildman–Crippen MR) is 104 cm³/mol. The molecule has 0 bridgehead atoms. The van der Waals surface area contributed by atoms with E-state index in [2.05, 4.69) is 11.0 Å². The number of hydrogen-bond donors (Lipinski definition) is 1. The third-order valence-electron chi connectivity index (χ3n) is 6.46. The molecule has 2 aromatic carbocycles. The van der Waals surface area contributed by atoms with Gasteiger partial charge in [-0.05, 0) is 31.4 Å². The van der Waals surface area contributed by atoms with Crippen molar-refractivity contribution in [2.45, 2.75) is 50.3 Å². The van der Waals surface area contributed by atoms with E-state index < -0.39 is 5.60 Å². The zero-order valence-corrected chi connectivity index (χ0v) is 15.9. The van der Waals surface area contributed by atoms with Crippen molar-refractivity contribution in [1.82, 2.24) is 4.90 Å². The van der Waals surface area contributed by atoms with Gasteiger partial charge in [0.15, 0.2) is 0 Å². The monoisotopic (exact) mass is 369 g/mol. The second-order valence-electron chi connectivity index (χ2n) is 7.95. The second-order valence-corrected chi connectivity index (χ2v) is 7.95. The summed E-state index contributed by atoms with van der Waals surface area (Å²) < 4.78 is 20.0.